The summed E-state index contributed by atoms with van der Waals surface area (Å²) in [5.74, 6) is 2.78. The van der Waals surface area contributed by atoms with E-state index in [0.717, 1.165) is 25.7 Å². The first-order chi connectivity index (χ1) is 14.7. The summed E-state index contributed by atoms with van der Waals surface area (Å²) in [6, 6.07) is 0. The molecule has 0 unspecified atom stereocenters. The Labute approximate surface area is 198 Å². The molecule has 2 nitrogen and oxygen atoms in total. The van der Waals surface area contributed by atoms with E-state index in [1.807, 2.05) is 0 Å². The molecule has 0 aliphatic heterocycles. The lowest BCUT2D eigenvalue weighted by Crippen LogP contribution is -2.63. The minimum Gasteiger partial charge on any atom is -0.390 e. The standard InChI is InChI=1S/C30H50O2/c1-20(2)10-9-16-30(8,32)22-13-18-28(6)21(22)11-12-24-27(5)17-15-25(31)26(3,4)23(27)14-19-29(24,28)7/h10,21-24,32H,9,11-19H2,1-8H3/t21-,22-,23-,24-,27+,28-,29-,30+/m1/s1. The van der Waals surface area contributed by atoms with Gasteiger partial charge >= 0.3 is 0 Å². The second kappa shape index (κ2) is 7.69. The van der Waals surface area contributed by atoms with Crippen LogP contribution in [0, 0.1) is 45.3 Å². The maximum absolute atomic E-state index is 12.8. The Morgan fingerprint density at radius 2 is 1.62 bits per heavy atom. The van der Waals surface area contributed by atoms with Crippen LogP contribution < -0.4 is 0 Å². The zero-order valence-corrected chi connectivity index (χ0v) is 22.3. The van der Waals surface area contributed by atoms with E-state index in [9.17, 15) is 9.90 Å². The van der Waals surface area contributed by atoms with Gasteiger partial charge in [-0.1, -0.05) is 46.3 Å². The minimum absolute atomic E-state index is 0.168. The molecule has 4 aliphatic carbocycles. The fourth-order valence-electron chi connectivity index (χ4n) is 10.1. The monoisotopic (exact) mass is 442 g/mol. The molecule has 4 aliphatic rings. The summed E-state index contributed by atoms with van der Waals surface area (Å²) >= 11 is 0. The normalized spacial score (nSPS) is 47.1. The minimum atomic E-state index is -0.572. The van der Waals surface area contributed by atoms with Gasteiger partial charge in [0.25, 0.3) is 0 Å². The quantitative estimate of drug-likeness (QED) is 0.452. The van der Waals surface area contributed by atoms with E-state index < -0.39 is 5.60 Å². The average molecular weight is 443 g/mol. The van der Waals surface area contributed by atoms with E-state index in [-0.39, 0.29) is 10.8 Å². The Hall–Kier alpha value is -0.630. The van der Waals surface area contributed by atoms with Crippen LogP contribution >= 0.6 is 0 Å². The molecular formula is C30H50O2. The molecule has 0 saturated heterocycles. The topological polar surface area (TPSA) is 37.3 Å². The highest BCUT2D eigenvalue weighted by atomic mass is 16.3. The third kappa shape index (κ3) is 3.32. The maximum Gasteiger partial charge on any atom is 0.138 e. The van der Waals surface area contributed by atoms with Gasteiger partial charge in [0, 0.05) is 11.8 Å². The number of rotatable bonds is 4. The lowest BCUT2D eigenvalue weighted by atomic mass is 9.35. The molecule has 0 aromatic rings. The molecule has 0 aromatic carbocycles. The van der Waals surface area contributed by atoms with Gasteiger partial charge in [-0.25, -0.2) is 0 Å². The van der Waals surface area contributed by atoms with Crippen LogP contribution in [0.4, 0.5) is 0 Å². The molecule has 8 atom stereocenters. The molecule has 0 spiro atoms. The van der Waals surface area contributed by atoms with E-state index in [1.54, 1.807) is 0 Å². The molecule has 4 rings (SSSR count). The first-order valence-electron chi connectivity index (χ1n) is 13.6. The SMILES string of the molecule is CC(C)=CCC[C@](C)(O)[C@@H]1CC[C@]2(C)[C@@H]1CC[C@@H]1[C@@]3(C)CCC(=O)C(C)(C)[C@H]3CC[C@]12C. The van der Waals surface area contributed by atoms with E-state index in [2.05, 4.69) is 61.5 Å². The summed E-state index contributed by atoms with van der Waals surface area (Å²) < 4.78 is 0. The number of ketones is 1. The summed E-state index contributed by atoms with van der Waals surface area (Å²) in [4.78, 5) is 12.8. The number of fused-ring (bicyclic) bond motifs is 5. The first kappa shape index (κ1) is 24.5. The molecule has 4 saturated carbocycles. The predicted octanol–water partition coefficient (Wildman–Crippen LogP) is 7.74. The number of allylic oxidation sites excluding steroid dienone is 2. The lowest BCUT2D eigenvalue weighted by Gasteiger charge is -2.69. The van der Waals surface area contributed by atoms with Crippen molar-refractivity contribution in [3.05, 3.63) is 11.6 Å². The number of hydrogen-bond acceptors (Lipinski definition) is 2. The van der Waals surface area contributed by atoms with Crippen molar-refractivity contribution in [2.75, 3.05) is 0 Å². The van der Waals surface area contributed by atoms with Crippen LogP contribution in [0.1, 0.15) is 120 Å². The highest BCUT2D eigenvalue weighted by molar-refractivity contribution is 5.85. The Morgan fingerprint density at radius 3 is 2.28 bits per heavy atom. The summed E-state index contributed by atoms with van der Waals surface area (Å²) in [5, 5.41) is 11.6. The largest absolute Gasteiger partial charge is 0.390 e. The molecule has 0 aromatic heterocycles. The van der Waals surface area contributed by atoms with Gasteiger partial charge < -0.3 is 5.11 Å². The molecular weight excluding hydrogens is 392 g/mol. The van der Waals surface area contributed by atoms with Crippen LogP contribution in [0.3, 0.4) is 0 Å². The zero-order chi connectivity index (χ0) is 23.7. The van der Waals surface area contributed by atoms with Crippen LogP contribution in [0.25, 0.3) is 0 Å². The number of aliphatic hydroxyl groups is 1. The van der Waals surface area contributed by atoms with Gasteiger partial charge in [0.15, 0.2) is 0 Å². The van der Waals surface area contributed by atoms with Gasteiger partial charge in [0.1, 0.15) is 5.78 Å². The van der Waals surface area contributed by atoms with E-state index in [0.29, 0.717) is 40.3 Å². The second-order valence-corrected chi connectivity index (χ2v) is 14.1. The summed E-state index contributed by atoms with van der Waals surface area (Å²) in [6.45, 7) is 18.7. The van der Waals surface area contributed by atoms with Crippen LogP contribution in [0.5, 0.6) is 0 Å². The molecule has 1 N–H and O–H groups in total. The van der Waals surface area contributed by atoms with Crippen molar-refractivity contribution < 1.29 is 9.90 Å². The summed E-state index contributed by atoms with van der Waals surface area (Å²) in [6.07, 6.45) is 13.5. The Morgan fingerprint density at radius 1 is 0.969 bits per heavy atom. The van der Waals surface area contributed by atoms with Crippen molar-refractivity contribution in [2.24, 2.45) is 45.3 Å². The molecule has 32 heavy (non-hydrogen) atoms. The van der Waals surface area contributed by atoms with Gasteiger partial charge in [0.2, 0.25) is 0 Å². The molecule has 2 heteroatoms. The molecule has 182 valence electrons. The summed E-state index contributed by atoms with van der Waals surface area (Å²) in [7, 11) is 0. The third-order valence-corrected chi connectivity index (χ3v) is 12.1. The smallest absolute Gasteiger partial charge is 0.138 e. The van der Waals surface area contributed by atoms with Gasteiger partial charge in [-0.2, -0.15) is 0 Å². The van der Waals surface area contributed by atoms with E-state index in [4.69, 9.17) is 0 Å². The van der Waals surface area contributed by atoms with Gasteiger partial charge in [-0.05, 0) is 118 Å². The van der Waals surface area contributed by atoms with Crippen molar-refractivity contribution in [3.63, 3.8) is 0 Å². The van der Waals surface area contributed by atoms with E-state index in [1.165, 1.54) is 44.1 Å². The number of Topliss-reactive ketones (excluding diaryl/α,β-unsaturated/α-hetero) is 1. The van der Waals surface area contributed by atoms with Crippen molar-refractivity contribution in [3.8, 4) is 0 Å². The van der Waals surface area contributed by atoms with Crippen molar-refractivity contribution >= 4 is 5.78 Å². The van der Waals surface area contributed by atoms with Gasteiger partial charge in [0.05, 0.1) is 5.60 Å². The Kier molecular flexibility index (Phi) is 5.89. The number of carbonyl (C=O) groups excluding carboxylic acids is 1. The lowest BCUT2D eigenvalue weighted by molar-refractivity contribution is -0.207. The highest BCUT2D eigenvalue weighted by Crippen LogP contribution is 2.75. The van der Waals surface area contributed by atoms with Gasteiger partial charge in [-0.3, -0.25) is 4.79 Å². The van der Waals surface area contributed by atoms with Crippen LogP contribution in [-0.4, -0.2) is 16.5 Å². The van der Waals surface area contributed by atoms with E-state index >= 15 is 0 Å². The molecule has 0 radical (unpaired) electrons. The fourth-order valence-corrected chi connectivity index (χ4v) is 10.1. The Bertz CT molecular complexity index is 787. The Balaban J connectivity index is 1.62. The average Bonchev–Trinajstić information content (AvgIpc) is 3.04. The molecule has 0 bridgehead atoms. The zero-order valence-electron chi connectivity index (χ0n) is 22.3. The number of hydrogen-bond donors (Lipinski definition) is 1. The van der Waals surface area contributed by atoms with Crippen LogP contribution in [-0.2, 0) is 4.79 Å². The van der Waals surface area contributed by atoms with Gasteiger partial charge in [-0.15, -0.1) is 0 Å². The third-order valence-electron chi connectivity index (χ3n) is 12.1. The molecule has 0 heterocycles. The molecule has 0 amide bonds. The molecule has 4 fully saturated rings. The second-order valence-electron chi connectivity index (χ2n) is 14.1. The number of carbonyl (C=O) groups is 1. The fraction of sp³-hybridized carbons (Fsp3) is 0.900. The van der Waals surface area contributed by atoms with Crippen molar-refractivity contribution in [2.45, 2.75) is 125 Å². The summed E-state index contributed by atoms with van der Waals surface area (Å²) in [5.41, 5.74) is 1.52. The maximum atomic E-state index is 12.8. The van der Waals surface area contributed by atoms with Crippen LogP contribution in [0.2, 0.25) is 0 Å². The van der Waals surface area contributed by atoms with Crippen LogP contribution in [0.15, 0.2) is 11.6 Å². The predicted molar refractivity (Wildman–Crippen MR) is 133 cm³/mol. The highest BCUT2D eigenvalue weighted by Gasteiger charge is 2.69. The van der Waals surface area contributed by atoms with Crippen molar-refractivity contribution in [1.29, 1.82) is 0 Å². The van der Waals surface area contributed by atoms with Crippen molar-refractivity contribution in [1.82, 2.24) is 0 Å². The first-order valence-corrected chi connectivity index (χ1v) is 13.6.